The van der Waals surface area contributed by atoms with Crippen LogP contribution in [0.2, 0.25) is 5.02 Å². The van der Waals surface area contributed by atoms with Crippen molar-refractivity contribution in [3.63, 3.8) is 0 Å². The van der Waals surface area contributed by atoms with Crippen LogP contribution in [0.4, 0.5) is 0 Å². The van der Waals surface area contributed by atoms with E-state index in [2.05, 4.69) is 10.2 Å². The zero-order chi connectivity index (χ0) is 20.1. The predicted molar refractivity (Wildman–Crippen MR) is 107 cm³/mol. The molecule has 3 rings (SSSR count). The number of nitrogens with one attached hydrogen (secondary N) is 1. The van der Waals surface area contributed by atoms with Gasteiger partial charge in [-0.2, -0.15) is 5.10 Å². The van der Waals surface area contributed by atoms with Crippen LogP contribution in [-0.4, -0.2) is 36.9 Å². The molecule has 0 bridgehead atoms. The number of aliphatic hydroxyl groups is 1. The number of nitrogens with two attached hydrogens (primary N) is 1. The normalized spacial score (nSPS) is 11.7. The molecule has 0 amide bonds. The number of ether oxygens (including phenoxy) is 1. The summed E-state index contributed by atoms with van der Waals surface area (Å²) in [6.45, 7) is 0.739. The number of rotatable bonds is 8. The van der Waals surface area contributed by atoms with E-state index < -0.39 is 10.0 Å². The number of hydrogen-bond donors (Lipinski definition) is 3. The second-order valence-corrected chi connectivity index (χ2v) is 8.13. The molecule has 7 nitrogen and oxygen atoms in total. The lowest BCUT2D eigenvalue weighted by atomic mass is 9.99. The van der Waals surface area contributed by atoms with Crippen LogP contribution in [0.3, 0.4) is 0 Å². The summed E-state index contributed by atoms with van der Waals surface area (Å²) in [5.41, 5.74) is 3.86. The Morgan fingerprint density at radius 1 is 1.07 bits per heavy atom. The van der Waals surface area contributed by atoms with Gasteiger partial charge in [-0.05, 0) is 36.2 Å². The number of halogens is 1. The quantitative estimate of drug-likeness (QED) is 0.483. The van der Waals surface area contributed by atoms with Crippen LogP contribution in [0.25, 0.3) is 22.4 Å². The first-order chi connectivity index (χ1) is 13.4. The fourth-order valence-electron chi connectivity index (χ4n) is 2.76. The highest BCUT2D eigenvalue weighted by Gasteiger charge is 2.18. The predicted octanol–water partition coefficient (Wildman–Crippen LogP) is 2.94. The molecule has 0 atom stereocenters. The Balaban J connectivity index is 2.02. The highest BCUT2D eigenvalue weighted by Crippen LogP contribution is 2.34. The van der Waals surface area contributed by atoms with Crippen molar-refractivity contribution in [2.45, 2.75) is 17.9 Å². The van der Waals surface area contributed by atoms with Crippen molar-refractivity contribution in [2.75, 3.05) is 13.2 Å². The van der Waals surface area contributed by atoms with Crippen molar-refractivity contribution >= 4 is 21.6 Å². The molecule has 0 radical (unpaired) electrons. The first kappa shape index (κ1) is 20.5. The number of sulfonamides is 1. The van der Waals surface area contributed by atoms with Crippen molar-refractivity contribution in [1.82, 2.24) is 10.2 Å². The molecule has 1 aromatic heterocycles. The summed E-state index contributed by atoms with van der Waals surface area (Å²) in [4.78, 5) is 0.0357. The third kappa shape index (κ3) is 4.78. The Hall–Kier alpha value is -2.23. The molecule has 4 N–H and O–H groups in total. The topological polar surface area (TPSA) is 118 Å². The third-order valence-corrected chi connectivity index (χ3v) is 5.30. The second kappa shape index (κ2) is 8.85. The number of aliphatic hydroxyl groups excluding tert-OH is 1. The summed E-state index contributed by atoms with van der Waals surface area (Å²) in [5, 5.41) is 22.1. The van der Waals surface area contributed by atoms with E-state index in [1.165, 1.54) is 12.1 Å². The van der Waals surface area contributed by atoms with E-state index in [0.29, 0.717) is 23.7 Å². The molecule has 2 aromatic carbocycles. The maximum Gasteiger partial charge on any atom is 0.238 e. The molecule has 0 aliphatic carbocycles. The zero-order valence-corrected chi connectivity index (χ0v) is 16.5. The Bertz CT molecular complexity index is 1030. The minimum Gasteiger partial charge on any atom is -0.396 e. The van der Waals surface area contributed by atoms with Crippen LogP contribution < -0.4 is 5.14 Å². The lowest BCUT2D eigenvalue weighted by molar-refractivity contribution is 0.102. The molecule has 28 heavy (non-hydrogen) atoms. The van der Waals surface area contributed by atoms with E-state index >= 15 is 0 Å². The van der Waals surface area contributed by atoms with Gasteiger partial charge in [-0.3, -0.25) is 5.10 Å². The number of H-pyrrole nitrogens is 1. The van der Waals surface area contributed by atoms with E-state index in [4.69, 9.17) is 26.6 Å². The maximum atomic E-state index is 11.5. The molecule has 0 fully saturated rings. The Kier molecular flexibility index (Phi) is 6.48. The van der Waals surface area contributed by atoms with Crippen LogP contribution in [-0.2, 0) is 21.4 Å². The zero-order valence-electron chi connectivity index (χ0n) is 14.9. The van der Waals surface area contributed by atoms with Gasteiger partial charge in [0.05, 0.1) is 17.2 Å². The van der Waals surface area contributed by atoms with Crippen molar-refractivity contribution in [3.05, 3.63) is 59.2 Å². The Morgan fingerprint density at radius 3 is 2.32 bits per heavy atom. The lowest BCUT2D eigenvalue weighted by Gasteiger charge is -2.08. The standard InChI is InChI=1S/C19H20ClN3O4S/c20-15-6-2-14(3-7-15)19-18(17(22-23-19)12-27-11-1-10-24)13-4-8-16(9-5-13)28(21,25)26/h2-9,24H,1,10-12H2,(H,22,23)(H2,21,25,26). The van der Waals surface area contributed by atoms with E-state index in [1.807, 2.05) is 12.1 Å². The molecular weight excluding hydrogens is 402 g/mol. The van der Waals surface area contributed by atoms with Crippen LogP contribution in [0.1, 0.15) is 12.1 Å². The van der Waals surface area contributed by atoms with Gasteiger partial charge in [-0.25, -0.2) is 13.6 Å². The highest BCUT2D eigenvalue weighted by molar-refractivity contribution is 7.89. The largest absolute Gasteiger partial charge is 0.396 e. The fourth-order valence-corrected chi connectivity index (χ4v) is 3.40. The maximum absolute atomic E-state index is 11.5. The summed E-state index contributed by atoms with van der Waals surface area (Å²) in [7, 11) is -3.77. The molecule has 0 saturated heterocycles. The molecule has 0 saturated carbocycles. The first-order valence-corrected chi connectivity index (χ1v) is 10.5. The summed E-state index contributed by atoms with van der Waals surface area (Å²) in [6.07, 6.45) is 0.538. The lowest BCUT2D eigenvalue weighted by Crippen LogP contribution is -2.11. The van der Waals surface area contributed by atoms with Gasteiger partial charge in [0.1, 0.15) is 5.69 Å². The molecule has 9 heteroatoms. The number of hydrogen-bond acceptors (Lipinski definition) is 5. The molecule has 0 unspecified atom stereocenters. The number of primary sulfonamides is 1. The average Bonchev–Trinajstić information content (AvgIpc) is 3.09. The van der Waals surface area contributed by atoms with E-state index in [-0.39, 0.29) is 18.1 Å². The van der Waals surface area contributed by atoms with E-state index in [0.717, 1.165) is 22.4 Å². The second-order valence-electron chi connectivity index (χ2n) is 6.13. The van der Waals surface area contributed by atoms with Gasteiger partial charge in [0.25, 0.3) is 0 Å². The van der Waals surface area contributed by atoms with Crippen molar-refractivity contribution in [2.24, 2.45) is 5.14 Å². The molecule has 0 aliphatic rings. The molecule has 1 heterocycles. The Labute approximate surface area is 168 Å². The third-order valence-electron chi connectivity index (χ3n) is 4.12. The van der Waals surface area contributed by atoms with Gasteiger partial charge >= 0.3 is 0 Å². The molecule has 0 aliphatic heterocycles. The fraction of sp³-hybridized carbons (Fsp3) is 0.211. The highest BCUT2D eigenvalue weighted by atomic mass is 35.5. The van der Waals surface area contributed by atoms with Crippen LogP contribution in [0.15, 0.2) is 53.4 Å². The minimum absolute atomic E-state index is 0.0357. The van der Waals surface area contributed by atoms with Crippen LogP contribution in [0.5, 0.6) is 0 Å². The number of nitrogens with zero attached hydrogens (tertiary/aromatic N) is 1. The SMILES string of the molecule is NS(=O)(=O)c1ccc(-c2c(-c3ccc(Cl)cc3)n[nH]c2COCCCO)cc1. The van der Waals surface area contributed by atoms with E-state index in [1.54, 1.807) is 24.3 Å². The van der Waals surface area contributed by atoms with E-state index in [9.17, 15) is 8.42 Å². The number of aromatic nitrogens is 2. The van der Waals surface area contributed by atoms with Gasteiger partial charge < -0.3 is 9.84 Å². The molecule has 0 spiro atoms. The number of benzene rings is 2. The summed E-state index contributed by atoms with van der Waals surface area (Å²) in [6, 6.07) is 13.5. The van der Waals surface area contributed by atoms with Gasteiger partial charge in [0, 0.05) is 29.4 Å². The molecular formula is C19H20ClN3O4S. The van der Waals surface area contributed by atoms with Crippen molar-refractivity contribution in [1.29, 1.82) is 0 Å². The molecule has 3 aromatic rings. The summed E-state index contributed by atoms with van der Waals surface area (Å²) >= 11 is 5.98. The Morgan fingerprint density at radius 2 is 1.71 bits per heavy atom. The van der Waals surface area contributed by atoms with Crippen LogP contribution in [0, 0.1) is 0 Å². The minimum atomic E-state index is -3.77. The smallest absolute Gasteiger partial charge is 0.238 e. The van der Waals surface area contributed by atoms with Gasteiger partial charge in [-0.15, -0.1) is 0 Å². The average molecular weight is 422 g/mol. The van der Waals surface area contributed by atoms with Gasteiger partial charge in [0.2, 0.25) is 10.0 Å². The van der Waals surface area contributed by atoms with Crippen molar-refractivity contribution < 1.29 is 18.3 Å². The monoisotopic (exact) mass is 421 g/mol. The molecule has 148 valence electrons. The van der Waals surface area contributed by atoms with Crippen LogP contribution >= 0.6 is 11.6 Å². The van der Waals surface area contributed by atoms with Gasteiger partial charge in [-0.1, -0.05) is 35.9 Å². The summed E-state index contributed by atoms with van der Waals surface area (Å²) in [5.74, 6) is 0. The summed E-state index contributed by atoms with van der Waals surface area (Å²) < 4.78 is 28.7. The first-order valence-electron chi connectivity index (χ1n) is 8.55. The van der Waals surface area contributed by atoms with Crippen molar-refractivity contribution in [3.8, 4) is 22.4 Å². The van der Waals surface area contributed by atoms with Gasteiger partial charge in [0.15, 0.2) is 0 Å². The number of aromatic amines is 1.